The molecule has 0 amide bonds. The first kappa shape index (κ1) is 27.8. The molecule has 12 heteroatoms. The number of nitrogens with zero attached hydrogens (tertiary/aromatic N) is 1. The molecule has 0 saturated carbocycles. The summed E-state index contributed by atoms with van der Waals surface area (Å²) in [6.07, 6.45) is 1.28. The number of fused-ring (bicyclic) bond motifs is 4. The Bertz CT molecular complexity index is 2650. The van der Waals surface area contributed by atoms with Gasteiger partial charge in [-0.1, -0.05) is 35.5 Å². The van der Waals surface area contributed by atoms with Crippen molar-refractivity contribution >= 4 is 28.5 Å². The smallest absolute Gasteiger partial charge is 0.260 e. The summed E-state index contributed by atoms with van der Waals surface area (Å²) in [5.74, 6) is -2.59. The van der Waals surface area contributed by atoms with Gasteiger partial charge in [-0.15, -0.1) is 0 Å². The molecule has 1 unspecified atom stereocenters. The lowest BCUT2D eigenvalue weighted by Gasteiger charge is -2.28. The molecule has 1 atom stereocenters. The molecule has 0 saturated heterocycles. The molecule has 2 aromatic carbocycles. The summed E-state index contributed by atoms with van der Waals surface area (Å²) >= 11 is 0. The van der Waals surface area contributed by atoms with Crippen LogP contribution in [0, 0.1) is 10.4 Å². The number of benzene rings is 2. The van der Waals surface area contributed by atoms with Gasteiger partial charge in [0.2, 0.25) is 16.3 Å². The van der Waals surface area contributed by atoms with Gasteiger partial charge in [-0.05, 0) is 35.6 Å². The Kier molecular flexibility index (Phi) is 5.85. The van der Waals surface area contributed by atoms with Crippen LogP contribution in [-0.4, -0.2) is 40.7 Å². The number of hydrogen-bond acceptors (Lipinski definition) is 11. The second-order valence-electron chi connectivity index (χ2n) is 10.9. The standard InChI is InChI=1S/C33H22N2O10/c1-44-18-11-17(36)21-22(26(18)37)28(39)24-23(27(21)38)30(41)33(31(24)42)9-8-15-19(13-6-4-3-5-7-13)16-10-14(12-34-45-2)35-32(43)20(16)29(40)25(15)33/h3-7,10-12,40-42H,8-9H2,1-2H3,(H,35,43). The molecule has 0 bridgehead atoms. The largest absolute Gasteiger partial charge is 0.510 e. The molecular formula is C33H22N2O10. The SMILES string of the molecule is CON=Cc1cc2c(-c3ccccc3)c3c(c(O)c2c(=O)[nH]1)C1(CC3)C(O)=c2c(=O)c3c(=O)cc(OC)c(=O)c=3c(=O)c2=C1O. The number of pyridine rings is 1. The topological polar surface area (TPSA) is 193 Å². The van der Waals surface area contributed by atoms with Gasteiger partial charge in [-0.2, -0.15) is 0 Å². The highest BCUT2D eigenvalue weighted by molar-refractivity contribution is 6.06. The average molecular weight is 607 g/mol. The zero-order valence-electron chi connectivity index (χ0n) is 23.7. The molecule has 1 heterocycles. The Morgan fingerprint density at radius 1 is 0.867 bits per heavy atom. The van der Waals surface area contributed by atoms with E-state index in [1.165, 1.54) is 13.3 Å². The van der Waals surface area contributed by atoms with E-state index < -0.39 is 76.6 Å². The summed E-state index contributed by atoms with van der Waals surface area (Å²) in [6.45, 7) is 0. The van der Waals surface area contributed by atoms with Gasteiger partial charge in [0.05, 0.1) is 45.3 Å². The predicted octanol–water partition coefficient (Wildman–Crippen LogP) is 0.161. The van der Waals surface area contributed by atoms with Gasteiger partial charge in [-0.25, -0.2) is 0 Å². The van der Waals surface area contributed by atoms with Crippen molar-refractivity contribution in [2.75, 3.05) is 14.2 Å². The first-order chi connectivity index (χ1) is 21.6. The monoisotopic (exact) mass is 606 g/mol. The molecule has 1 aromatic heterocycles. The number of nitrogens with one attached hydrogen (secondary N) is 1. The van der Waals surface area contributed by atoms with Crippen molar-refractivity contribution in [3.05, 3.63) is 131 Å². The van der Waals surface area contributed by atoms with Gasteiger partial charge in [0.15, 0.2) is 11.2 Å². The maximum absolute atomic E-state index is 13.8. The Balaban J connectivity index is 1.69. The summed E-state index contributed by atoms with van der Waals surface area (Å²) in [6, 6.07) is 11.3. The van der Waals surface area contributed by atoms with E-state index >= 15 is 0 Å². The van der Waals surface area contributed by atoms with Gasteiger partial charge in [-0.3, -0.25) is 24.0 Å². The third-order valence-electron chi connectivity index (χ3n) is 8.81. The molecule has 0 radical (unpaired) electrons. The van der Waals surface area contributed by atoms with Crippen LogP contribution >= 0.6 is 0 Å². The molecule has 224 valence electrons. The summed E-state index contributed by atoms with van der Waals surface area (Å²) in [5, 5.41) is 36.5. The van der Waals surface area contributed by atoms with E-state index in [9.17, 15) is 39.3 Å². The van der Waals surface area contributed by atoms with Crippen LogP contribution in [-0.2, 0) is 16.7 Å². The number of aromatic hydroxyl groups is 1. The summed E-state index contributed by atoms with van der Waals surface area (Å²) in [7, 11) is 2.46. The first-order valence-corrected chi connectivity index (χ1v) is 13.7. The third kappa shape index (κ3) is 3.41. The van der Waals surface area contributed by atoms with Crippen molar-refractivity contribution in [3.8, 4) is 22.6 Å². The summed E-state index contributed by atoms with van der Waals surface area (Å²) in [5.41, 5.74) is -5.22. The average Bonchev–Trinajstić information content (AvgIpc) is 3.53. The number of aromatic nitrogens is 1. The number of methoxy groups -OCH3 is 1. The van der Waals surface area contributed by atoms with Crippen molar-refractivity contribution in [2.24, 2.45) is 5.16 Å². The Morgan fingerprint density at radius 3 is 2.18 bits per heavy atom. The first-order valence-electron chi connectivity index (χ1n) is 13.7. The highest BCUT2D eigenvalue weighted by Crippen LogP contribution is 2.56. The number of aliphatic hydroxyl groups is 2. The van der Waals surface area contributed by atoms with E-state index in [1.54, 1.807) is 36.4 Å². The number of aliphatic hydroxyl groups excluding tert-OH is 2. The zero-order valence-corrected chi connectivity index (χ0v) is 23.7. The number of rotatable bonds is 4. The van der Waals surface area contributed by atoms with Crippen LogP contribution < -0.4 is 42.4 Å². The van der Waals surface area contributed by atoms with Crippen LogP contribution in [0.1, 0.15) is 23.2 Å². The fraction of sp³-hybridized carbons (Fsp3) is 0.152. The number of hydrogen-bond donors (Lipinski definition) is 4. The van der Waals surface area contributed by atoms with Crippen LogP contribution in [0.15, 0.2) is 71.6 Å². The number of phenolic OH excluding ortho intramolecular Hbond substituents is 1. The van der Waals surface area contributed by atoms with Crippen molar-refractivity contribution in [1.82, 2.24) is 4.98 Å². The number of H-pyrrole nitrogens is 1. The van der Waals surface area contributed by atoms with Crippen molar-refractivity contribution in [2.45, 2.75) is 18.3 Å². The molecule has 1 spiro atoms. The molecule has 3 aromatic rings. The van der Waals surface area contributed by atoms with Gasteiger partial charge < -0.3 is 29.9 Å². The molecule has 0 fully saturated rings. The minimum absolute atomic E-state index is 0.0750. The highest BCUT2D eigenvalue weighted by Gasteiger charge is 2.54. The van der Waals surface area contributed by atoms with E-state index in [2.05, 4.69) is 10.1 Å². The minimum Gasteiger partial charge on any atom is -0.510 e. The summed E-state index contributed by atoms with van der Waals surface area (Å²) in [4.78, 5) is 74.4. The second-order valence-corrected chi connectivity index (χ2v) is 10.9. The molecule has 45 heavy (non-hydrogen) atoms. The van der Waals surface area contributed by atoms with Crippen molar-refractivity contribution < 1.29 is 24.9 Å². The predicted molar refractivity (Wildman–Crippen MR) is 163 cm³/mol. The van der Waals surface area contributed by atoms with Gasteiger partial charge in [0, 0.05) is 17.0 Å². The van der Waals surface area contributed by atoms with Crippen LogP contribution in [0.3, 0.4) is 0 Å². The van der Waals surface area contributed by atoms with Crippen LogP contribution in [0.2, 0.25) is 0 Å². The number of ether oxygens (including phenoxy) is 1. The zero-order chi connectivity index (χ0) is 31.9. The molecular weight excluding hydrogens is 584 g/mol. The van der Waals surface area contributed by atoms with E-state index in [0.717, 1.165) is 13.2 Å². The maximum Gasteiger partial charge on any atom is 0.260 e. The molecule has 7 rings (SSSR count). The molecule has 4 aliphatic rings. The van der Waals surface area contributed by atoms with Crippen molar-refractivity contribution in [3.63, 3.8) is 0 Å². The maximum atomic E-state index is 13.8. The van der Waals surface area contributed by atoms with Crippen LogP contribution in [0.5, 0.6) is 11.5 Å². The van der Waals surface area contributed by atoms with Gasteiger partial charge in [0.25, 0.3) is 5.56 Å². The van der Waals surface area contributed by atoms with E-state index in [-0.39, 0.29) is 29.5 Å². The quantitative estimate of drug-likeness (QED) is 0.162. The molecule has 4 N–H and O–H groups in total. The lowest BCUT2D eigenvalue weighted by molar-refractivity contribution is 0.215. The van der Waals surface area contributed by atoms with E-state index in [0.29, 0.717) is 22.1 Å². The van der Waals surface area contributed by atoms with Crippen LogP contribution in [0.25, 0.3) is 33.4 Å². The van der Waals surface area contributed by atoms with Crippen molar-refractivity contribution in [1.29, 1.82) is 0 Å². The lowest BCUT2D eigenvalue weighted by Crippen LogP contribution is -2.51. The Morgan fingerprint density at radius 2 is 1.53 bits per heavy atom. The molecule has 12 nitrogen and oxygen atoms in total. The lowest BCUT2D eigenvalue weighted by atomic mass is 9.77. The van der Waals surface area contributed by atoms with Gasteiger partial charge >= 0.3 is 0 Å². The third-order valence-corrected chi connectivity index (χ3v) is 8.81. The summed E-state index contributed by atoms with van der Waals surface area (Å²) < 4.78 is 4.93. The Labute approximate surface area is 250 Å². The normalized spacial score (nSPS) is 17.1. The number of aromatic amines is 1. The molecule has 4 aliphatic carbocycles. The fourth-order valence-corrected chi connectivity index (χ4v) is 6.98. The number of phenols is 1. The fourth-order valence-electron chi connectivity index (χ4n) is 6.98. The van der Waals surface area contributed by atoms with Crippen LogP contribution in [0.4, 0.5) is 0 Å². The molecule has 0 aliphatic heterocycles. The van der Waals surface area contributed by atoms with E-state index in [4.69, 9.17) is 9.57 Å². The highest BCUT2D eigenvalue weighted by atomic mass is 16.6. The van der Waals surface area contributed by atoms with Gasteiger partial charge in [0.1, 0.15) is 29.8 Å². The Hall–Kier alpha value is -6.04. The van der Waals surface area contributed by atoms with E-state index in [1.807, 2.05) is 0 Å². The number of oxime groups is 1. The second kappa shape index (κ2) is 9.48. The minimum atomic E-state index is -2.03.